The fourth-order valence-corrected chi connectivity index (χ4v) is 21.5. The maximum atomic E-state index is 6.44. The van der Waals surface area contributed by atoms with Crippen molar-refractivity contribution < 1.29 is 8.83 Å². The van der Waals surface area contributed by atoms with Crippen molar-refractivity contribution in [3.8, 4) is 101 Å². The molecular formula is C124H78N6O2S. The summed E-state index contributed by atoms with van der Waals surface area (Å²) in [5.41, 5.74) is 32.5. The minimum Gasteiger partial charge on any atom is -0.455 e. The molecule has 8 heterocycles. The molecule has 0 aliphatic rings. The molecule has 622 valence electrons. The highest BCUT2D eigenvalue weighted by Crippen LogP contribution is 2.47. The van der Waals surface area contributed by atoms with Crippen LogP contribution in [0.25, 0.3) is 252 Å². The standard InChI is InChI=1S/C46H26N2O2S.C42H28N2.C36H24N2/c1-4-22-38-33(15-1)35-20-9-18-31(43(35)49-38)27-11-7-13-29(25-27)42-41-37-17-3-6-24-40(37)51-46(41)48-45(47-42)30-14-8-12-28(26-30)32-19-10-21-36-34-16-2-5-23-39(34)50-44(32)36;1-3-11-29(12-4-1)30-19-23-34(24-20-30)44-40-18-10-8-16-36(40)38-28-32(22-26-42(38)44)31-21-25-41-37(27-31)35-15-7-9-17-39(35)43(41)33-13-5-2-6-14-33;1-3-11-27(12-4-1)37-33-17-9-7-15-29(33)31-23-25(19-21-35(31)37)26-20-22-36-32(24-26)30-16-8-10-18-34(30)38(36)28-13-5-2-6-14-28/h1-26H;1-28H;1-24H. The van der Waals surface area contributed by atoms with E-state index in [1.54, 1.807) is 11.3 Å². The molecule has 8 aromatic heterocycles. The molecule has 0 aliphatic carbocycles. The molecule has 0 unspecified atom stereocenters. The van der Waals surface area contributed by atoms with E-state index in [9.17, 15) is 0 Å². The van der Waals surface area contributed by atoms with Crippen LogP contribution < -0.4 is 0 Å². The summed E-state index contributed by atoms with van der Waals surface area (Å²) in [5.74, 6) is 0.687. The van der Waals surface area contributed by atoms with Crippen molar-refractivity contribution in [3.63, 3.8) is 0 Å². The van der Waals surface area contributed by atoms with Crippen molar-refractivity contribution in [2.24, 2.45) is 0 Å². The highest BCUT2D eigenvalue weighted by atomic mass is 32.1. The molecule has 0 aliphatic heterocycles. The zero-order chi connectivity index (χ0) is 87.6. The summed E-state index contributed by atoms with van der Waals surface area (Å²) in [5, 5.41) is 16.8. The van der Waals surface area contributed by atoms with E-state index in [0.717, 1.165) is 98.6 Å². The molecular weight excluding hydrogens is 1640 g/mol. The van der Waals surface area contributed by atoms with E-state index in [1.165, 1.54) is 148 Å². The Morgan fingerprint density at radius 3 is 0.917 bits per heavy atom. The van der Waals surface area contributed by atoms with Crippen molar-refractivity contribution in [1.29, 1.82) is 0 Å². The Labute approximate surface area is 768 Å². The van der Waals surface area contributed by atoms with Crippen LogP contribution in [0.2, 0.25) is 0 Å². The van der Waals surface area contributed by atoms with Gasteiger partial charge in [-0.15, -0.1) is 11.3 Å². The molecule has 0 atom stereocenters. The first-order chi connectivity index (χ1) is 66.0. The Morgan fingerprint density at radius 2 is 0.489 bits per heavy atom. The lowest BCUT2D eigenvalue weighted by Crippen LogP contribution is -1.94. The molecule has 20 aromatic carbocycles. The molecule has 0 amide bonds. The molecule has 0 fully saturated rings. The van der Waals surface area contributed by atoms with E-state index in [4.69, 9.17) is 18.8 Å². The smallest absolute Gasteiger partial charge is 0.161 e. The summed E-state index contributed by atoms with van der Waals surface area (Å²) in [7, 11) is 0. The van der Waals surface area contributed by atoms with Gasteiger partial charge < -0.3 is 27.1 Å². The Kier molecular flexibility index (Phi) is 18.3. The second kappa shape index (κ2) is 31.8. The van der Waals surface area contributed by atoms with Crippen LogP contribution in [-0.4, -0.2) is 28.2 Å². The number of benzene rings is 20. The van der Waals surface area contributed by atoms with Gasteiger partial charge in [-0.25, -0.2) is 9.97 Å². The van der Waals surface area contributed by atoms with Crippen LogP contribution >= 0.6 is 11.3 Å². The number of fused-ring (bicyclic) bond motifs is 21. The maximum Gasteiger partial charge on any atom is 0.161 e. The second-order valence-electron chi connectivity index (χ2n) is 34.2. The van der Waals surface area contributed by atoms with Crippen molar-refractivity contribution in [3.05, 3.63) is 473 Å². The molecule has 0 saturated carbocycles. The molecule has 0 radical (unpaired) electrons. The van der Waals surface area contributed by atoms with Gasteiger partial charge in [0, 0.05) is 125 Å². The second-order valence-corrected chi connectivity index (χ2v) is 35.2. The molecule has 0 spiro atoms. The van der Waals surface area contributed by atoms with E-state index in [2.05, 4.69) is 467 Å². The van der Waals surface area contributed by atoms with Crippen LogP contribution in [-0.2, 0) is 0 Å². The van der Waals surface area contributed by atoms with Crippen LogP contribution in [0.15, 0.2) is 482 Å². The molecule has 0 N–H and O–H groups in total. The summed E-state index contributed by atoms with van der Waals surface area (Å²) in [6.07, 6.45) is 0. The number of rotatable bonds is 11. The zero-order valence-corrected chi connectivity index (χ0v) is 72.8. The molecule has 28 aromatic rings. The van der Waals surface area contributed by atoms with Gasteiger partial charge in [0.05, 0.1) is 49.8 Å². The number of hydrogen-bond acceptors (Lipinski definition) is 5. The molecule has 28 rings (SSSR count). The molecule has 133 heavy (non-hydrogen) atoms. The van der Waals surface area contributed by atoms with Crippen LogP contribution in [0.3, 0.4) is 0 Å². The third kappa shape index (κ3) is 13.0. The number of para-hydroxylation sites is 11. The predicted octanol–water partition coefficient (Wildman–Crippen LogP) is 34.1. The SMILES string of the molecule is c1cc(-c2nc(-c3cccc(-c4cccc5c4oc4ccccc45)c3)c3c(n2)sc2ccccc23)cc(-c2cccc3c2oc2ccccc23)c1.c1ccc(-c2ccc(-n3c4ccccc4c4cc(-c5ccc6c(c5)c5ccccc5n6-c5ccccc5)ccc43)cc2)cc1.c1ccc(-n2c3ccccc3c3cc(-c4ccc5c(c4)c4ccccc4n5-c4ccccc4)ccc32)cc1. The van der Waals surface area contributed by atoms with Crippen molar-refractivity contribution >= 4 is 163 Å². The quantitative estimate of drug-likeness (QED) is 0.129. The van der Waals surface area contributed by atoms with E-state index < -0.39 is 0 Å². The first-order valence-corrected chi connectivity index (χ1v) is 46.0. The number of nitrogens with zero attached hydrogens (tertiary/aromatic N) is 6. The van der Waals surface area contributed by atoms with Crippen molar-refractivity contribution in [1.82, 2.24) is 28.2 Å². The van der Waals surface area contributed by atoms with Gasteiger partial charge in [-0.05, 0) is 196 Å². The van der Waals surface area contributed by atoms with Crippen LogP contribution in [0.1, 0.15) is 0 Å². The third-order valence-corrected chi connectivity index (χ3v) is 27.6. The lowest BCUT2D eigenvalue weighted by Gasteiger charge is -2.11. The van der Waals surface area contributed by atoms with Crippen molar-refractivity contribution in [2.45, 2.75) is 0 Å². The highest BCUT2D eigenvalue weighted by Gasteiger charge is 2.24. The fraction of sp³-hybridized carbons (Fsp3) is 0. The van der Waals surface area contributed by atoms with Crippen molar-refractivity contribution in [2.75, 3.05) is 0 Å². The summed E-state index contributed by atoms with van der Waals surface area (Å²) < 4.78 is 23.5. The average Bonchev–Trinajstić information content (AvgIpc) is 1.60. The van der Waals surface area contributed by atoms with Gasteiger partial charge in [0.1, 0.15) is 27.2 Å². The van der Waals surface area contributed by atoms with E-state index >= 15 is 0 Å². The number of hydrogen-bond donors (Lipinski definition) is 0. The molecule has 9 heteroatoms. The van der Waals surface area contributed by atoms with Crippen LogP contribution in [0, 0.1) is 0 Å². The van der Waals surface area contributed by atoms with Gasteiger partial charge in [-0.2, -0.15) is 0 Å². The number of aromatic nitrogens is 6. The summed E-state index contributed by atoms with van der Waals surface area (Å²) in [4.78, 5) is 11.6. The van der Waals surface area contributed by atoms with Crippen LogP contribution in [0.4, 0.5) is 0 Å². The van der Waals surface area contributed by atoms with Gasteiger partial charge in [0.25, 0.3) is 0 Å². The van der Waals surface area contributed by atoms with E-state index in [0.29, 0.717) is 5.82 Å². The first-order valence-electron chi connectivity index (χ1n) is 45.1. The fourth-order valence-electron chi connectivity index (χ4n) is 20.5. The van der Waals surface area contributed by atoms with Gasteiger partial charge in [0.2, 0.25) is 0 Å². The Hall–Kier alpha value is -17.5. The first kappa shape index (κ1) is 76.7. The molecule has 0 saturated heterocycles. The summed E-state index contributed by atoms with van der Waals surface area (Å²) in [6, 6.07) is 169. The minimum absolute atomic E-state index is 0.687. The Balaban J connectivity index is 0.000000105. The number of thiophene rings is 1. The monoisotopic (exact) mass is 1710 g/mol. The predicted molar refractivity (Wildman–Crippen MR) is 558 cm³/mol. The zero-order valence-electron chi connectivity index (χ0n) is 71.9. The van der Waals surface area contributed by atoms with E-state index in [1.807, 2.05) is 24.3 Å². The van der Waals surface area contributed by atoms with Gasteiger partial charge in [-0.1, -0.05) is 322 Å². The van der Waals surface area contributed by atoms with E-state index in [-0.39, 0.29) is 0 Å². The van der Waals surface area contributed by atoms with Gasteiger partial charge in [0.15, 0.2) is 5.82 Å². The lowest BCUT2D eigenvalue weighted by molar-refractivity contribution is 0.669. The molecule has 8 nitrogen and oxygen atoms in total. The van der Waals surface area contributed by atoms with Crippen LogP contribution in [0.5, 0.6) is 0 Å². The minimum atomic E-state index is 0.687. The molecule has 0 bridgehead atoms. The maximum absolute atomic E-state index is 6.44. The largest absolute Gasteiger partial charge is 0.455 e. The Morgan fingerprint density at radius 1 is 0.188 bits per heavy atom. The summed E-state index contributed by atoms with van der Waals surface area (Å²) >= 11 is 1.71. The Bertz CT molecular complexity index is 9310. The van der Waals surface area contributed by atoms with Gasteiger partial charge in [-0.3, -0.25) is 0 Å². The number of furan rings is 2. The van der Waals surface area contributed by atoms with Gasteiger partial charge >= 0.3 is 0 Å². The average molecular weight is 1720 g/mol. The normalized spacial score (nSPS) is 11.8. The topological polar surface area (TPSA) is 71.8 Å². The highest BCUT2D eigenvalue weighted by molar-refractivity contribution is 7.25. The lowest BCUT2D eigenvalue weighted by atomic mass is 9.98. The summed E-state index contributed by atoms with van der Waals surface area (Å²) in [6.45, 7) is 0. The third-order valence-electron chi connectivity index (χ3n) is 26.6.